The summed E-state index contributed by atoms with van der Waals surface area (Å²) in [6.45, 7) is 8.67. The van der Waals surface area contributed by atoms with Crippen molar-refractivity contribution in [3.8, 4) is 17.3 Å². The van der Waals surface area contributed by atoms with Gasteiger partial charge in [-0.05, 0) is 44.7 Å². The predicted octanol–water partition coefficient (Wildman–Crippen LogP) is 2.72. The lowest BCUT2D eigenvalue weighted by molar-refractivity contribution is -0.125. The number of nitrogens with zero attached hydrogens (tertiary/aromatic N) is 3. The Morgan fingerprint density at radius 3 is 2.80 bits per heavy atom. The molecule has 0 spiro atoms. The number of rotatable bonds is 6. The second-order valence-electron chi connectivity index (χ2n) is 7.13. The number of hydrogen-bond acceptors (Lipinski definition) is 6. The van der Waals surface area contributed by atoms with Crippen molar-refractivity contribution in [3.63, 3.8) is 0 Å². The number of ether oxygens (including phenoxy) is 1. The lowest BCUT2D eigenvalue weighted by Gasteiger charge is -2.23. The van der Waals surface area contributed by atoms with E-state index in [1.165, 1.54) is 0 Å². The fourth-order valence-corrected chi connectivity index (χ4v) is 3.28. The second kappa shape index (κ2) is 6.82. The van der Waals surface area contributed by atoms with Crippen LogP contribution in [0.25, 0.3) is 11.5 Å². The predicted molar refractivity (Wildman–Crippen MR) is 92.1 cm³/mol. The molecule has 25 heavy (non-hydrogen) atoms. The number of carbonyl (C=O) groups excluding carboxylic acids is 1. The zero-order chi connectivity index (χ0) is 18.0. The van der Waals surface area contributed by atoms with Crippen molar-refractivity contribution in [2.75, 3.05) is 6.54 Å². The summed E-state index contributed by atoms with van der Waals surface area (Å²) in [5.41, 5.74) is -0.239. The van der Waals surface area contributed by atoms with Crippen LogP contribution in [0.3, 0.4) is 0 Å². The van der Waals surface area contributed by atoms with Gasteiger partial charge in [0.25, 0.3) is 0 Å². The standard InChI is InChI=1S/C18H24N4O3/c1-11(2)10-18(7-9-20-16(18)23)17-21-15(22-25-17)14-13(24-12(3)4)6-5-8-19-14/h5-6,8,11-12H,7,9-10H2,1-4H3,(H,20,23). The van der Waals surface area contributed by atoms with Crippen LogP contribution in [0.4, 0.5) is 0 Å². The molecule has 7 nitrogen and oxygen atoms in total. The van der Waals surface area contributed by atoms with Crippen LogP contribution in [0, 0.1) is 5.92 Å². The molecule has 0 radical (unpaired) electrons. The highest BCUT2D eigenvalue weighted by Crippen LogP contribution is 2.38. The van der Waals surface area contributed by atoms with Gasteiger partial charge in [-0.15, -0.1) is 0 Å². The third kappa shape index (κ3) is 3.36. The third-order valence-corrected chi connectivity index (χ3v) is 4.21. The molecule has 0 saturated carbocycles. The van der Waals surface area contributed by atoms with E-state index in [9.17, 15) is 4.79 Å². The van der Waals surface area contributed by atoms with Crippen molar-refractivity contribution in [1.29, 1.82) is 0 Å². The molecule has 0 aromatic carbocycles. The quantitative estimate of drug-likeness (QED) is 0.866. The van der Waals surface area contributed by atoms with E-state index in [0.29, 0.717) is 48.5 Å². The molecular formula is C18H24N4O3. The van der Waals surface area contributed by atoms with Crippen LogP contribution in [0.2, 0.25) is 0 Å². The Morgan fingerprint density at radius 2 is 2.16 bits per heavy atom. The topological polar surface area (TPSA) is 90.1 Å². The smallest absolute Gasteiger partial charge is 0.242 e. The van der Waals surface area contributed by atoms with Crippen molar-refractivity contribution in [1.82, 2.24) is 20.4 Å². The summed E-state index contributed by atoms with van der Waals surface area (Å²) in [4.78, 5) is 21.4. The molecule has 1 fully saturated rings. The molecule has 1 saturated heterocycles. The zero-order valence-electron chi connectivity index (χ0n) is 15.1. The maximum Gasteiger partial charge on any atom is 0.242 e. The van der Waals surface area contributed by atoms with Gasteiger partial charge in [0.05, 0.1) is 6.10 Å². The van der Waals surface area contributed by atoms with Crippen LogP contribution in [0.5, 0.6) is 5.75 Å². The Morgan fingerprint density at radius 1 is 1.36 bits per heavy atom. The third-order valence-electron chi connectivity index (χ3n) is 4.21. The highest BCUT2D eigenvalue weighted by Gasteiger charge is 2.49. The van der Waals surface area contributed by atoms with Gasteiger partial charge in [0.1, 0.15) is 11.2 Å². The van der Waals surface area contributed by atoms with Crippen LogP contribution in [-0.2, 0) is 10.2 Å². The number of amides is 1. The molecule has 1 amide bonds. The first-order chi connectivity index (χ1) is 11.9. The number of pyridine rings is 1. The molecule has 0 bridgehead atoms. The van der Waals surface area contributed by atoms with E-state index in [1.807, 2.05) is 19.9 Å². The van der Waals surface area contributed by atoms with Crippen LogP contribution in [0.1, 0.15) is 46.4 Å². The Labute approximate surface area is 147 Å². The zero-order valence-corrected chi connectivity index (χ0v) is 15.1. The number of hydrogen-bond donors (Lipinski definition) is 1. The van der Waals surface area contributed by atoms with E-state index in [-0.39, 0.29) is 12.0 Å². The largest absolute Gasteiger partial charge is 0.489 e. The average molecular weight is 344 g/mol. The van der Waals surface area contributed by atoms with Gasteiger partial charge in [0.2, 0.25) is 17.6 Å². The lowest BCUT2D eigenvalue weighted by atomic mass is 9.78. The summed E-state index contributed by atoms with van der Waals surface area (Å²) in [6.07, 6.45) is 2.98. The van der Waals surface area contributed by atoms with Gasteiger partial charge < -0.3 is 14.6 Å². The van der Waals surface area contributed by atoms with E-state index in [0.717, 1.165) is 0 Å². The summed E-state index contributed by atoms with van der Waals surface area (Å²) in [6, 6.07) is 3.62. The number of aromatic nitrogens is 3. The molecule has 1 unspecified atom stereocenters. The van der Waals surface area contributed by atoms with E-state index in [1.54, 1.807) is 12.3 Å². The molecule has 1 aliphatic heterocycles. The highest BCUT2D eigenvalue weighted by atomic mass is 16.5. The molecule has 2 aromatic rings. The van der Waals surface area contributed by atoms with Gasteiger partial charge in [-0.25, -0.2) is 4.98 Å². The number of carbonyl (C=O) groups is 1. The maximum absolute atomic E-state index is 12.5. The molecule has 3 heterocycles. The highest BCUT2D eigenvalue weighted by molar-refractivity contribution is 5.89. The maximum atomic E-state index is 12.5. The summed E-state index contributed by atoms with van der Waals surface area (Å²) in [5.74, 6) is 1.57. The van der Waals surface area contributed by atoms with Crippen molar-refractivity contribution in [2.24, 2.45) is 5.92 Å². The van der Waals surface area contributed by atoms with Crippen LogP contribution < -0.4 is 10.1 Å². The van der Waals surface area contributed by atoms with E-state index in [2.05, 4.69) is 34.3 Å². The Kier molecular flexibility index (Phi) is 4.74. The van der Waals surface area contributed by atoms with Gasteiger partial charge in [-0.2, -0.15) is 4.98 Å². The second-order valence-corrected chi connectivity index (χ2v) is 7.13. The summed E-state index contributed by atoms with van der Waals surface area (Å²) < 4.78 is 11.3. The minimum absolute atomic E-state index is 0.00205. The molecule has 1 atom stereocenters. The van der Waals surface area contributed by atoms with Gasteiger partial charge in [0, 0.05) is 12.7 Å². The Balaban J connectivity index is 1.99. The van der Waals surface area contributed by atoms with E-state index >= 15 is 0 Å². The molecular weight excluding hydrogens is 320 g/mol. The Hall–Kier alpha value is -2.44. The normalized spacial score (nSPS) is 20.3. The van der Waals surface area contributed by atoms with Gasteiger partial charge in [0.15, 0.2) is 5.69 Å². The molecule has 1 aliphatic rings. The van der Waals surface area contributed by atoms with Crippen molar-refractivity contribution >= 4 is 5.91 Å². The van der Waals surface area contributed by atoms with Crippen molar-refractivity contribution < 1.29 is 14.1 Å². The minimum Gasteiger partial charge on any atom is -0.489 e. The Bertz CT molecular complexity index is 756. The van der Waals surface area contributed by atoms with E-state index < -0.39 is 5.41 Å². The first kappa shape index (κ1) is 17.4. The fourth-order valence-electron chi connectivity index (χ4n) is 3.28. The van der Waals surface area contributed by atoms with E-state index in [4.69, 9.17) is 9.26 Å². The monoisotopic (exact) mass is 344 g/mol. The van der Waals surface area contributed by atoms with Crippen molar-refractivity contribution in [2.45, 2.75) is 52.1 Å². The first-order valence-electron chi connectivity index (χ1n) is 8.67. The molecule has 3 rings (SSSR count). The number of nitrogens with one attached hydrogen (secondary N) is 1. The van der Waals surface area contributed by atoms with Gasteiger partial charge in [-0.1, -0.05) is 19.0 Å². The van der Waals surface area contributed by atoms with Crippen LogP contribution in [-0.4, -0.2) is 33.7 Å². The molecule has 134 valence electrons. The summed E-state index contributed by atoms with van der Waals surface area (Å²) >= 11 is 0. The lowest BCUT2D eigenvalue weighted by Crippen LogP contribution is -2.37. The molecule has 7 heteroatoms. The molecule has 2 aromatic heterocycles. The van der Waals surface area contributed by atoms with Crippen molar-refractivity contribution in [3.05, 3.63) is 24.2 Å². The SMILES string of the molecule is CC(C)CC1(c2nc(-c3ncccc3OC(C)C)no2)CCNC1=O. The van der Waals surface area contributed by atoms with Gasteiger partial charge in [-0.3, -0.25) is 4.79 Å². The van der Waals surface area contributed by atoms with Crippen LogP contribution in [0.15, 0.2) is 22.9 Å². The molecule has 0 aliphatic carbocycles. The fraction of sp³-hybridized carbons (Fsp3) is 0.556. The first-order valence-corrected chi connectivity index (χ1v) is 8.67. The summed E-state index contributed by atoms with van der Waals surface area (Å²) in [5, 5.41) is 6.97. The van der Waals surface area contributed by atoms with Crippen LogP contribution >= 0.6 is 0 Å². The summed E-state index contributed by atoms with van der Waals surface area (Å²) in [7, 11) is 0. The molecule has 1 N–H and O–H groups in total. The minimum atomic E-state index is -0.757. The average Bonchev–Trinajstić information content (AvgIpc) is 3.15. The van der Waals surface area contributed by atoms with Gasteiger partial charge >= 0.3 is 0 Å².